The number of imide groups is 1. The van der Waals surface area contributed by atoms with E-state index in [1.54, 1.807) is 21.7 Å². The van der Waals surface area contributed by atoms with Gasteiger partial charge in [0.2, 0.25) is 17.8 Å². The lowest BCUT2D eigenvalue weighted by atomic mass is 9.85. The molecule has 17 nitrogen and oxygen atoms in total. The highest BCUT2D eigenvalue weighted by molar-refractivity contribution is 6.33. The number of ether oxygens (including phenoxy) is 2. The minimum Gasteiger partial charge on any atom is -0.478 e. The molecule has 1 atom stereocenters. The Kier molecular flexibility index (Phi) is 12.2. The molecule has 4 aromatic rings. The van der Waals surface area contributed by atoms with Gasteiger partial charge >= 0.3 is 0 Å². The van der Waals surface area contributed by atoms with Gasteiger partial charge in [0.05, 0.1) is 23.9 Å². The lowest BCUT2D eigenvalue weighted by Gasteiger charge is -2.53. The van der Waals surface area contributed by atoms with Crippen molar-refractivity contribution >= 4 is 69.3 Å². The summed E-state index contributed by atoms with van der Waals surface area (Å²) in [5, 5.41) is 9.36. The number of fused-ring (bicyclic) bond motifs is 2. The Bertz CT molecular complexity index is 2590. The number of likely N-dealkylation sites (N-methyl/N-ethyl adjacent to an activating group) is 1. The highest BCUT2D eigenvalue weighted by Crippen LogP contribution is 2.38. The molecule has 4 aliphatic heterocycles. The van der Waals surface area contributed by atoms with Crippen LogP contribution in [0.25, 0.3) is 10.9 Å². The molecule has 9 rings (SSSR count). The fraction of sp³-hybridized carbons (Fsp3) is 0.511. The van der Waals surface area contributed by atoms with E-state index >= 15 is 0 Å². The van der Waals surface area contributed by atoms with Crippen LogP contribution in [-0.4, -0.2) is 124 Å². The maximum absolute atomic E-state index is 13.3. The van der Waals surface area contributed by atoms with Crippen LogP contribution in [0.1, 0.15) is 88.2 Å². The smallest absolute Gasteiger partial charge is 0.293 e. The lowest BCUT2D eigenvalue weighted by Crippen LogP contribution is -2.64. The van der Waals surface area contributed by atoms with Crippen LogP contribution in [-0.2, 0) is 25.7 Å². The summed E-state index contributed by atoms with van der Waals surface area (Å²) >= 11 is 6.61. The summed E-state index contributed by atoms with van der Waals surface area (Å²) in [6, 6.07) is 13.0. The first kappa shape index (κ1) is 44.4. The molecule has 0 unspecified atom stereocenters. The number of carbonyl (C=O) groups is 4. The first-order chi connectivity index (χ1) is 31.1. The molecule has 65 heavy (non-hydrogen) atoms. The SMILES string of the molecule is CNC(=O)COc1cc2cc(Nc3nc(N4CCC(OC5CC(N6CCN(c7ccc8c(c7)CN([C@H]7CCC(=O)NC7=O)C8=O)C(C)(C)C6)C5)CC4)ncc3Cl)ccc2n(C(C)C)c1=O. The Morgan fingerprint density at radius 3 is 2.49 bits per heavy atom. The molecule has 2 aromatic heterocycles. The first-order valence-corrected chi connectivity index (χ1v) is 23.1. The number of aromatic nitrogens is 3. The van der Waals surface area contributed by atoms with Gasteiger partial charge in [0.1, 0.15) is 11.1 Å². The zero-order valence-electron chi connectivity index (χ0n) is 37.6. The summed E-state index contributed by atoms with van der Waals surface area (Å²) in [4.78, 5) is 80.9. The van der Waals surface area contributed by atoms with Crippen molar-refractivity contribution in [2.24, 2.45) is 0 Å². The highest BCUT2D eigenvalue weighted by atomic mass is 35.5. The molecule has 3 N–H and O–H groups in total. The highest BCUT2D eigenvalue weighted by Gasteiger charge is 2.43. The van der Waals surface area contributed by atoms with Crippen LogP contribution in [0.3, 0.4) is 0 Å². The Morgan fingerprint density at radius 2 is 1.77 bits per heavy atom. The number of pyridine rings is 1. The van der Waals surface area contributed by atoms with Crippen LogP contribution in [0.15, 0.2) is 53.5 Å². The molecule has 2 aromatic carbocycles. The monoisotopic (exact) mass is 908 g/mol. The van der Waals surface area contributed by atoms with Gasteiger partial charge in [-0.25, -0.2) is 4.98 Å². The largest absolute Gasteiger partial charge is 0.478 e. The van der Waals surface area contributed by atoms with E-state index in [0.29, 0.717) is 47.0 Å². The Balaban J connectivity index is 0.759. The number of rotatable bonds is 12. The van der Waals surface area contributed by atoms with Crippen molar-refractivity contribution in [3.05, 3.63) is 75.2 Å². The number of hydrogen-bond donors (Lipinski definition) is 3. The van der Waals surface area contributed by atoms with E-state index in [1.807, 2.05) is 44.2 Å². The van der Waals surface area contributed by atoms with E-state index < -0.39 is 11.9 Å². The van der Waals surface area contributed by atoms with E-state index in [0.717, 1.165) is 80.6 Å². The van der Waals surface area contributed by atoms with Gasteiger partial charge in [-0.05, 0) is 108 Å². The molecule has 6 heterocycles. The van der Waals surface area contributed by atoms with E-state index in [2.05, 4.69) is 55.5 Å². The molecule has 1 saturated carbocycles. The molecule has 0 spiro atoms. The van der Waals surface area contributed by atoms with E-state index in [9.17, 15) is 24.0 Å². The molecule has 4 fully saturated rings. The fourth-order valence-corrected chi connectivity index (χ4v) is 10.2. The van der Waals surface area contributed by atoms with Gasteiger partial charge in [-0.3, -0.25) is 34.2 Å². The van der Waals surface area contributed by atoms with Crippen molar-refractivity contribution in [1.29, 1.82) is 0 Å². The third-order valence-corrected chi connectivity index (χ3v) is 13.9. The zero-order valence-corrected chi connectivity index (χ0v) is 38.3. The van der Waals surface area contributed by atoms with Crippen molar-refractivity contribution in [3.8, 4) is 5.75 Å². The number of halogens is 1. The van der Waals surface area contributed by atoms with E-state index in [1.165, 1.54) is 7.05 Å². The molecular weight excluding hydrogens is 852 g/mol. The summed E-state index contributed by atoms with van der Waals surface area (Å²) in [6.45, 7) is 12.7. The second-order valence-corrected chi connectivity index (χ2v) is 19.2. The maximum Gasteiger partial charge on any atom is 0.293 e. The molecule has 4 amide bonds. The van der Waals surface area contributed by atoms with Crippen molar-refractivity contribution in [2.45, 2.75) is 109 Å². The number of nitrogens with one attached hydrogen (secondary N) is 3. The van der Waals surface area contributed by atoms with Gasteiger partial charge in [-0.2, -0.15) is 4.98 Å². The Hall–Kier alpha value is -5.78. The summed E-state index contributed by atoms with van der Waals surface area (Å²) in [5.74, 6) is -0.0207. The maximum atomic E-state index is 13.3. The van der Waals surface area contributed by atoms with Gasteiger partial charge in [0.25, 0.3) is 17.4 Å². The number of nitrogens with zero attached hydrogens (tertiary/aromatic N) is 7. The van der Waals surface area contributed by atoms with Crippen molar-refractivity contribution in [1.82, 2.24) is 35.0 Å². The van der Waals surface area contributed by atoms with Crippen LogP contribution >= 0.6 is 11.6 Å². The lowest BCUT2D eigenvalue weighted by molar-refractivity contribution is -0.137. The first-order valence-electron chi connectivity index (χ1n) is 22.7. The van der Waals surface area contributed by atoms with Gasteiger partial charge in [-0.1, -0.05) is 11.6 Å². The molecule has 3 saturated heterocycles. The fourth-order valence-electron chi connectivity index (χ4n) is 10.1. The number of piperidine rings is 2. The molecule has 5 aliphatic rings. The molecule has 18 heteroatoms. The molecule has 0 bridgehead atoms. The number of anilines is 4. The second-order valence-electron chi connectivity index (χ2n) is 18.8. The summed E-state index contributed by atoms with van der Waals surface area (Å²) < 4.78 is 13.9. The second kappa shape index (κ2) is 17.9. The molecule has 344 valence electrons. The third-order valence-electron chi connectivity index (χ3n) is 13.6. The van der Waals surface area contributed by atoms with Gasteiger partial charge in [0, 0.05) is 92.7 Å². The number of hydrogen-bond acceptors (Lipinski definition) is 13. The Labute approximate surface area is 382 Å². The quantitative estimate of drug-likeness (QED) is 0.166. The van der Waals surface area contributed by atoms with Crippen LogP contribution in [0.4, 0.5) is 23.1 Å². The summed E-state index contributed by atoms with van der Waals surface area (Å²) in [5.41, 5.74) is 3.64. The topological polar surface area (TPSA) is 184 Å². The number of carbonyl (C=O) groups excluding carboxylic acids is 4. The summed E-state index contributed by atoms with van der Waals surface area (Å²) in [7, 11) is 1.52. The zero-order chi connectivity index (χ0) is 45.7. The van der Waals surface area contributed by atoms with Crippen molar-refractivity contribution < 1.29 is 28.7 Å². The third kappa shape index (κ3) is 8.97. The predicted molar refractivity (Wildman–Crippen MR) is 247 cm³/mol. The summed E-state index contributed by atoms with van der Waals surface area (Å²) in [6.07, 6.45) is 6.35. The number of amides is 4. The normalized spacial score (nSPS) is 22.5. The average molecular weight is 909 g/mol. The van der Waals surface area contributed by atoms with Crippen molar-refractivity contribution in [3.63, 3.8) is 0 Å². The van der Waals surface area contributed by atoms with Crippen LogP contribution in [0, 0.1) is 0 Å². The van der Waals surface area contributed by atoms with E-state index in [4.69, 9.17) is 26.1 Å². The standard InChI is InChI=1S/C47H57ClN10O7/c1-27(2)58-37-9-6-30(18-28(37)20-39(45(58)63)64-25-41(60)49-5)51-42-36(48)23-50-46(53-42)54-14-12-33(13-15-54)65-34-21-32(22-34)55-16-17-57(47(3,4)26-55)31-7-8-35-29(19-31)24-56(44(35)62)38-10-11-40(59)52-43(38)61/h6-9,18-20,23,27,32-34,38H,10-17,21-22,24-26H2,1-5H3,(H,49,60)(H,50,51,53)(H,52,59,61)/t32?,34?,38-/m0/s1. The van der Waals surface area contributed by atoms with Gasteiger partial charge < -0.3 is 39.4 Å². The van der Waals surface area contributed by atoms with Crippen LogP contribution < -0.4 is 36.0 Å². The van der Waals surface area contributed by atoms with Gasteiger partial charge in [0.15, 0.2) is 18.2 Å². The number of piperazine rings is 1. The van der Waals surface area contributed by atoms with E-state index in [-0.39, 0.29) is 65.8 Å². The molecular formula is C47H57ClN10O7. The number of benzene rings is 2. The van der Waals surface area contributed by atoms with Crippen LogP contribution in [0.2, 0.25) is 5.02 Å². The minimum absolute atomic E-state index is 0.0931. The Morgan fingerprint density at radius 1 is 0.985 bits per heavy atom. The van der Waals surface area contributed by atoms with Crippen LogP contribution in [0.5, 0.6) is 5.75 Å². The van der Waals surface area contributed by atoms with Gasteiger partial charge in [-0.15, -0.1) is 0 Å². The average Bonchev–Trinajstić information content (AvgIpc) is 3.58. The molecule has 1 aliphatic carbocycles. The van der Waals surface area contributed by atoms with Crippen molar-refractivity contribution in [2.75, 3.05) is 61.5 Å². The molecule has 0 radical (unpaired) electrons. The minimum atomic E-state index is -0.623. The predicted octanol–water partition coefficient (Wildman–Crippen LogP) is 4.77.